The van der Waals surface area contributed by atoms with Crippen LogP contribution in [0, 0.1) is 5.92 Å². The number of anilines is 1. The number of nitrogen functional groups attached to an aromatic ring is 1. The van der Waals surface area contributed by atoms with Crippen molar-refractivity contribution in [2.24, 2.45) is 5.92 Å². The molecule has 3 nitrogen and oxygen atoms in total. The zero-order valence-electron chi connectivity index (χ0n) is 8.46. The summed E-state index contributed by atoms with van der Waals surface area (Å²) in [6, 6.07) is 5.79. The second-order valence-electron chi connectivity index (χ2n) is 4.00. The molecule has 15 heavy (non-hydrogen) atoms. The predicted octanol–water partition coefficient (Wildman–Crippen LogP) is 2.23. The smallest absolute Gasteiger partial charge is 0.220 e. The normalized spacial score (nSPS) is 25.3. The number of carbonyl (C=O) groups excluding carboxylic acids is 1. The molecule has 1 heterocycles. The summed E-state index contributed by atoms with van der Waals surface area (Å²) in [5.41, 5.74) is 7.64. The third-order valence-electron chi connectivity index (χ3n) is 2.78. The second-order valence-corrected chi connectivity index (χ2v) is 4.92. The maximum atomic E-state index is 11.3. The van der Waals surface area contributed by atoms with Crippen LogP contribution in [-0.2, 0) is 4.79 Å². The Balaban J connectivity index is 2.36. The van der Waals surface area contributed by atoms with Gasteiger partial charge in [0.25, 0.3) is 0 Å². The van der Waals surface area contributed by atoms with E-state index < -0.39 is 0 Å². The Hall–Kier alpha value is -1.03. The summed E-state index contributed by atoms with van der Waals surface area (Å²) in [5, 5.41) is 2.95. The highest BCUT2D eigenvalue weighted by Gasteiger charge is 2.31. The molecule has 2 unspecified atom stereocenters. The van der Waals surface area contributed by atoms with Crippen molar-refractivity contribution in [3.8, 4) is 0 Å². The van der Waals surface area contributed by atoms with Gasteiger partial charge in [0.2, 0.25) is 5.91 Å². The van der Waals surface area contributed by atoms with Crippen LogP contribution in [0.1, 0.15) is 24.9 Å². The first-order valence-electron chi connectivity index (χ1n) is 4.92. The molecule has 1 saturated heterocycles. The van der Waals surface area contributed by atoms with Crippen LogP contribution in [-0.4, -0.2) is 5.91 Å². The van der Waals surface area contributed by atoms with Crippen LogP contribution < -0.4 is 11.1 Å². The number of nitrogens with two attached hydrogens (primary N) is 1. The van der Waals surface area contributed by atoms with Crippen molar-refractivity contribution in [3.63, 3.8) is 0 Å². The van der Waals surface area contributed by atoms with Gasteiger partial charge in [-0.05, 0) is 29.7 Å². The van der Waals surface area contributed by atoms with Gasteiger partial charge in [-0.15, -0.1) is 0 Å². The maximum Gasteiger partial charge on any atom is 0.220 e. The van der Waals surface area contributed by atoms with Crippen molar-refractivity contribution < 1.29 is 4.79 Å². The fourth-order valence-electron chi connectivity index (χ4n) is 1.98. The number of nitrogens with one attached hydrogen (secondary N) is 1. The summed E-state index contributed by atoms with van der Waals surface area (Å²) >= 11 is 3.41. The quantitative estimate of drug-likeness (QED) is 0.768. The van der Waals surface area contributed by atoms with Crippen molar-refractivity contribution in [2.75, 3.05) is 5.73 Å². The van der Waals surface area contributed by atoms with Gasteiger partial charge < -0.3 is 11.1 Å². The average Bonchev–Trinajstić information content (AvgIpc) is 2.50. The first-order valence-corrected chi connectivity index (χ1v) is 5.71. The van der Waals surface area contributed by atoms with Crippen molar-refractivity contribution in [3.05, 3.63) is 28.2 Å². The molecule has 2 rings (SSSR count). The average molecular weight is 269 g/mol. The lowest BCUT2D eigenvalue weighted by atomic mass is 9.95. The lowest BCUT2D eigenvalue weighted by Gasteiger charge is -2.17. The number of amides is 1. The van der Waals surface area contributed by atoms with Gasteiger partial charge in [-0.25, -0.2) is 0 Å². The van der Waals surface area contributed by atoms with E-state index in [1.165, 1.54) is 0 Å². The lowest BCUT2D eigenvalue weighted by Crippen LogP contribution is -2.21. The Bertz CT molecular complexity index is 406. The highest BCUT2D eigenvalue weighted by molar-refractivity contribution is 9.10. The fourth-order valence-corrected chi connectivity index (χ4v) is 2.36. The number of carbonyl (C=O) groups is 1. The summed E-state index contributed by atoms with van der Waals surface area (Å²) in [7, 11) is 0. The molecule has 1 aliphatic rings. The molecule has 80 valence electrons. The molecule has 0 aliphatic carbocycles. The second kappa shape index (κ2) is 3.85. The minimum atomic E-state index is 0.0509. The zero-order chi connectivity index (χ0) is 11.0. The largest absolute Gasteiger partial charge is 0.398 e. The molecule has 3 N–H and O–H groups in total. The Morgan fingerprint density at radius 1 is 1.53 bits per heavy atom. The first kappa shape index (κ1) is 10.5. The molecular formula is C11H13BrN2O. The van der Waals surface area contributed by atoms with Crippen molar-refractivity contribution >= 4 is 27.5 Å². The van der Waals surface area contributed by atoms with E-state index in [0.29, 0.717) is 12.3 Å². The van der Waals surface area contributed by atoms with E-state index >= 15 is 0 Å². The molecule has 1 aromatic rings. The van der Waals surface area contributed by atoms with Gasteiger partial charge in [0, 0.05) is 16.6 Å². The molecule has 4 heteroatoms. The lowest BCUT2D eigenvalue weighted by molar-refractivity contribution is -0.119. The molecule has 0 radical (unpaired) electrons. The molecule has 2 atom stereocenters. The van der Waals surface area contributed by atoms with E-state index in [1.807, 2.05) is 18.2 Å². The third-order valence-corrected chi connectivity index (χ3v) is 3.27. The number of benzene rings is 1. The highest BCUT2D eigenvalue weighted by atomic mass is 79.9. The van der Waals surface area contributed by atoms with Crippen molar-refractivity contribution in [1.29, 1.82) is 0 Å². The van der Waals surface area contributed by atoms with E-state index in [1.54, 1.807) is 0 Å². The summed E-state index contributed by atoms with van der Waals surface area (Å²) in [6.07, 6.45) is 0.580. The predicted molar refractivity (Wildman–Crippen MR) is 63.2 cm³/mol. The number of halogens is 1. The molecule has 1 aromatic carbocycles. The first-order chi connectivity index (χ1) is 7.08. The Kier molecular flexibility index (Phi) is 2.69. The topological polar surface area (TPSA) is 55.1 Å². The third kappa shape index (κ3) is 2.00. The standard InChI is InChI=1S/C11H13BrN2O/c1-6-4-10(15)14-11(6)8-5-7(12)2-3-9(8)13/h2-3,5-6,11H,4,13H2,1H3,(H,14,15). The molecule has 0 aromatic heterocycles. The highest BCUT2D eigenvalue weighted by Crippen LogP contribution is 2.34. The van der Waals surface area contributed by atoms with Crippen LogP contribution in [0.5, 0.6) is 0 Å². The zero-order valence-corrected chi connectivity index (χ0v) is 10.0. The monoisotopic (exact) mass is 268 g/mol. The van der Waals surface area contributed by atoms with E-state index in [4.69, 9.17) is 5.73 Å². The SMILES string of the molecule is CC1CC(=O)NC1c1cc(Br)ccc1N. The van der Waals surface area contributed by atoms with E-state index in [0.717, 1.165) is 15.7 Å². The van der Waals surface area contributed by atoms with Crippen LogP contribution in [0.3, 0.4) is 0 Å². The summed E-state index contributed by atoms with van der Waals surface area (Å²) in [4.78, 5) is 11.3. The molecular weight excluding hydrogens is 256 g/mol. The van der Waals surface area contributed by atoms with Gasteiger partial charge in [0.1, 0.15) is 0 Å². The van der Waals surface area contributed by atoms with Gasteiger partial charge in [-0.3, -0.25) is 4.79 Å². The van der Waals surface area contributed by atoms with Gasteiger partial charge in [-0.2, -0.15) is 0 Å². The van der Waals surface area contributed by atoms with Gasteiger partial charge >= 0.3 is 0 Å². The molecule has 0 bridgehead atoms. The molecule has 1 fully saturated rings. The molecule has 0 saturated carbocycles. The fraction of sp³-hybridized carbons (Fsp3) is 0.364. The van der Waals surface area contributed by atoms with Gasteiger partial charge in [-0.1, -0.05) is 22.9 Å². The van der Waals surface area contributed by atoms with E-state index in [2.05, 4.69) is 28.2 Å². The van der Waals surface area contributed by atoms with E-state index in [9.17, 15) is 4.79 Å². The number of hydrogen-bond donors (Lipinski definition) is 2. The summed E-state index contributed by atoms with van der Waals surface area (Å²) < 4.78 is 0.986. The Morgan fingerprint density at radius 3 is 2.87 bits per heavy atom. The van der Waals surface area contributed by atoms with Crippen molar-refractivity contribution in [2.45, 2.75) is 19.4 Å². The molecule has 0 spiro atoms. The van der Waals surface area contributed by atoms with Crippen LogP contribution in [0.4, 0.5) is 5.69 Å². The van der Waals surface area contributed by atoms with Gasteiger partial charge in [0.15, 0.2) is 0 Å². The molecule has 1 aliphatic heterocycles. The van der Waals surface area contributed by atoms with Crippen molar-refractivity contribution in [1.82, 2.24) is 5.32 Å². The van der Waals surface area contributed by atoms with Crippen LogP contribution in [0.25, 0.3) is 0 Å². The number of hydrogen-bond acceptors (Lipinski definition) is 2. The number of rotatable bonds is 1. The van der Waals surface area contributed by atoms with Crippen LogP contribution in [0.15, 0.2) is 22.7 Å². The van der Waals surface area contributed by atoms with Gasteiger partial charge in [0.05, 0.1) is 6.04 Å². The summed E-state index contributed by atoms with van der Waals surface area (Å²) in [6.45, 7) is 2.06. The van der Waals surface area contributed by atoms with E-state index in [-0.39, 0.29) is 11.9 Å². The minimum Gasteiger partial charge on any atom is -0.398 e. The Labute approximate surface area is 97.2 Å². The minimum absolute atomic E-state index is 0.0509. The summed E-state index contributed by atoms with van der Waals surface area (Å²) in [5.74, 6) is 0.404. The van der Waals surface area contributed by atoms with Crippen LogP contribution in [0.2, 0.25) is 0 Å². The Morgan fingerprint density at radius 2 is 2.27 bits per heavy atom. The molecule has 1 amide bonds. The van der Waals surface area contributed by atoms with Crippen LogP contribution >= 0.6 is 15.9 Å². The maximum absolute atomic E-state index is 11.3.